The van der Waals surface area contributed by atoms with Crippen LogP contribution in [0.2, 0.25) is 15.2 Å². The zero-order valence-electron chi connectivity index (χ0n) is 26.7. The van der Waals surface area contributed by atoms with Crippen molar-refractivity contribution in [3.05, 3.63) is 117 Å². The van der Waals surface area contributed by atoms with Crippen LogP contribution in [-0.2, 0) is 35.0 Å². The third-order valence-corrected chi connectivity index (χ3v) is 9.18. The molecule has 258 valence electrons. The predicted octanol–water partition coefficient (Wildman–Crippen LogP) is 6.95. The Morgan fingerprint density at radius 2 is 1.56 bits per heavy atom. The first-order valence-corrected chi connectivity index (χ1v) is 16.6. The minimum atomic E-state index is -1.30. The highest BCUT2D eigenvalue weighted by Gasteiger charge is 2.54. The van der Waals surface area contributed by atoms with Crippen molar-refractivity contribution in [3.63, 3.8) is 0 Å². The Hall–Kier alpha value is -4.52. The van der Waals surface area contributed by atoms with Gasteiger partial charge in [-0.3, -0.25) is 9.59 Å². The molecule has 0 bridgehead atoms. The third-order valence-electron chi connectivity index (χ3n) is 8.16. The average Bonchev–Trinajstić information content (AvgIpc) is 3.63. The third kappa shape index (κ3) is 7.33. The fraction of sp³-hybridized carbons (Fsp3) is 0.250. The highest BCUT2D eigenvalue weighted by Crippen LogP contribution is 2.44. The lowest BCUT2D eigenvalue weighted by Crippen LogP contribution is -2.41. The molecule has 1 aliphatic rings. The zero-order chi connectivity index (χ0) is 35.5. The molecule has 0 spiro atoms. The van der Waals surface area contributed by atoms with Crippen molar-refractivity contribution in [1.29, 1.82) is 0 Å². The predicted molar refractivity (Wildman–Crippen MR) is 185 cm³/mol. The van der Waals surface area contributed by atoms with Crippen molar-refractivity contribution in [2.24, 2.45) is 0 Å². The van der Waals surface area contributed by atoms with Gasteiger partial charge in [-0.15, -0.1) is 0 Å². The van der Waals surface area contributed by atoms with Gasteiger partial charge in [-0.25, -0.2) is 14.8 Å². The first kappa shape index (κ1) is 35.3. The Morgan fingerprint density at radius 3 is 2.22 bits per heavy atom. The first-order valence-electron chi connectivity index (χ1n) is 15.5. The minimum Gasteiger partial charge on any atom is -0.455 e. The topological polar surface area (TPSA) is 139 Å². The summed E-state index contributed by atoms with van der Waals surface area (Å²) in [7, 11) is 0. The van der Waals surface area contributed by atoms with E-state index in [-0.39, 0.29) is 33.8 Å². The van der Waals surface area contributed by atoms with Gasteiger partial charge in [0.15, 0.2) is 24.5 Å². The van der Waals surface area contributed by atoms with Crippen LogP contribution in [0, 0.1) is 0 Å². The first-order chi connectivity index (χ1) is 24.0. The molecule has 1 N–H and O–H groups in total. The van der Waals surface area contributed by atoms with Gasteiger partial charge in [-0.1, -0.05) is 83.3 Å². The Labute approximate surface area is 301 Å². The van der Waals surface area contributed by atoms with Gasteiger partial charge in [0.1, 0.15) is 23.2 Å². The Morgan fingerprint density at radius 1 is 0.880 bits per heavy atom. The smallest absolute Gasteiger partial charge is 0.338 e. The summed E-state index contributed by atoms with van der Waals surface area (Å²) in [5, 5.41) is 10.8. The molecule has 0 saturated carbocycles. The van der Waals surface area contributed by atoms with Crippen LogP contribution in [0.5, 0.6) is 0 Å². The number of carbonyl (C=O) groups is 3. The van der Waals surface area contributed by atoms with Crippen molar-refractivity contribution in [2.75, 3.05) is 6.61 Å². The Balaban J connectivity index is 1.44. The number of aromatic nitrogens is 3. The maximum atomic E-state index is 13.8. The van der Waals surface area contributed by atoms with Gasteiger partial charge in [0.2, 0.25) is 0 Å². The summed E-state index contributed by atoms with van der Waals surface area (Å²) in [5.74, 6) is -2.11. The summed E-state index contributed by atoms with van der Waals surface area (Å²) in [6.07, 6.45) is -3.17. The summed E-state index contributed by atoms with van der Waals surface area (Å²) in [5.41, 5.74) is 3.37. The Kier molecular flexibility index (Phi) is 10.7. The van der Waals surface area contributed by atoms with Gasteiger partial charge in [-0.05, 0) is 52.9 Å². The van der Waals surface area contributed by atoms with Crippen LogP contribution in [0.1, 0.15) is 47.7 Å². The molecule has 0 radical (unpaired) electrons. The van der Waals surface area contributed by atoms with Crippen LogP contribution in [0.15, 0.2) is 85.3 Å². The summed E-state index contributed by atoms with van der Waals surface area (Å²) in [6.45, 7) is 2.19. The molecule has 1 fully saturated rings. The fourth-order valence-electron chi connectivity index (χ4n) is 6.03. The van der Waals surface area contributed by atoms with Crippen molar-refractivity contribution in [3.8, 4) is 11.1 Å². The van der Waals surface area contributed by atoms with Crippen LogP contribution in [0.3, 0.4) is 0 Å². The van der Waals surface area contributed by atoms with E-state index in [1.807, 2.05) is 30.3 Å². The molecule has 3 aromatic carbocycles. The number of esters is 3. The van der Waals surface area contributed by atoms with Gasteiger partial charge < -0.3 is 28.6 Å². The van der Waals surface area contributed by atoms with Crippen molar-refractivity contribution >= 4 is 63.7 Å². The van der Waals surface area contributed by atoms with E-state index in [9.17, 15) is 19.5 Å². The van der Waals surface area contributed by atoms with Crippen LogP contribution in [0.4, 0.5) is 0 Å². The maximum Gasteiger partial charge on any atom is 0.338 e. The van der Waals surface area contributed by atoms with Gasteiger partial charge in [0.25, 0.3) is 0 Å². The van der Waals surface area contributed by atoms with Crippen molar-refractivity contribution in [1.82, 2.24) is 14.5 Å². The molecule has 5 aromatic rings. The summed E-state index contributed by atoms with van der Waals surface area (Å²) in [4.78, 5) is 47.4. The summed E-state index contributed by atoms with van der Waals surface area (Å²) < 4.78 is 25.9. The fourth-order valence-corrected chi connectivity index (χ4v) is 6.58. The lowest BCUT2D eigenvalue weighted by Gasteiger charge is -2.28. The van der Waals surface area contributed by atoms with Crippen molar-refractivity contribution in [2.45, 2.75) is 50.9 Å². The number of aliphatic hydroxyl groups is 1. The van der Waals surface area contributed by atoms with E-state index in [1.54, 1.807) is 41.1 Å². The molecule has 2 aromatic heterocycles. The molecular weight excluding hydrogens is 709 g/mol. The second-order valence-corrected chi connectivity index (χ2v) is 12.7. The molecule has 1 aliphatic heterocycles. The number of fused-ring (bicyclic) bond motifs is 1. The molecule has 50 heavy (non-hydrogen) atoms. The number of ether oxygens (including phenoxy) is 4. The molecule has 1 unspecified atom stereocenters. The second kappa shape index (κ2) is 15.2. The van der Waals surface area contributed by atoms with E-state index < -0.39 is 48.6 Å². The minimum absolute atomic E-state index is 0.133. The quantitative estimate of drug-likeness (QED) is 0.0910. The number of halogens is 3. The number of aliphatic hydroxyl groups excluding tert-OH is 1. The van der Waals surface area contributed by atoms with Gasteiger partial charge in [0, 0.05) is 26.7 Å². The molecule has 6 rings (SSSR count). The number of carbonyl (C=O) groups excluding carboxylic acids is 3. The number of rotatable bonds is 10. The van der Waals surface area contributed by atoms with E-state index >= 15 is 0 Å². The molecule has 0 amide bonds. The average molecular weight is 739 g/mol. The molecule has 14 heteroatoms. The largest absolute Gasteiger partial charge is 0.455 e. The number of hydrogen-bond donors (Lipinski definition) is 1. The van der Waals surface area contributed by atoms with Crippen LogP contribution >= 0.6 is 34.8 Å². The molecule has 3 heterocycles. The lowest BCUT2D eigenvalue weighted by atomic mass is 9.98. The van der Waals surface area contributed by atoms with E-state index in [1.165, 1.54) is 32.3 Å². The number of hydrogen-bond acceptors (Lipinski definition) is 10. The molecule has 5 atom stereocenters. The highest BCUT2D eigenvalue weighted by atomic mass is 35.5. The van der Waals surface area contributed by atoms with E-state index in [2.05, 4.69) is 9.97 Å². The van der Waals surface area contributed by atoms with Crippen LogP contribution in [-0.4, -0.2) is 62.5 Å². The number of benzene rings is 3. The second-order valence-electron chi connectivity index (χ2n) is 11.5. The normalized spacial score (nSPS) is 19.2. The van der Waals surface area contributed by atoms with E-state index in [0.717, 1.165) is 11.1 Å². The van der Waals surface area contributed by atoms with Crippen LogP contribution < -0.4 is 0 Å². The van der Waals surface area contributed by atoms with Crippen LogP contribution in [0.25, 0.3) is 22.2 Å². The SMILES string of the molecule is CC(=O)O[C@@H]1[C@H](OC(C)=O)[C@@H](C(OC(=O)c2ccc(-c3ccccc3)cc2)c2ccc(Cl)c(Cl)c2)O[C@H]1n1cc(CCO)c2c(Cl)ncnc21. The zero-order valence-corrected chi connectivity index (χ0v) is 28.9. The lowest BCUT2D eigenvalue weighted by molar-refractivity contribution is -0.166. The molecule has 11 nitrogen and oxygen atoms in total. The molecule has 0 aliphatic carbocycles. The molecule has 1 saturated heterocycles. The summed E-state index contributed by atoms with van der Waals surface area (Å²) >= 11 is 19.1. The van der Waals surface area contributed by atoms with Crippen molar-refractivity contribution < 1.29 is 38.4 Å². The van der Waals surface area contributed by atoms with Gasteiger partial charge in [-0.2, -0.15) is 0 Å². The number of nitrogens with zero attached hydrogens (tertiary/aromatic N) is 3. The van der Waals surface area contributed by atoms with E-state index in [4.69, 9.17) is 53.8 Å². The summed E-state index contributed by atoms with van der Waals surface area (Å²) in [6, 6.07) is 21.2. The monoisotopic (exact) mass is 737 g/mol. The van der Waals surface area contributed by atoms with Gasteiger partial charge in [0.05, 0.1) is 21.0 Å². The maximum absolute atomic E-state index is 13.8. The highest BCUT2D eigenvalue weighted by molar-refractivity contribution is 6.42. The van der Waals surface area contributed by atoms with Gasteiger partial charge >= 0.3 is 17.9 Å². The van der Waals surface area contributed by atoms with E-state index in [0.29, 0.717) is 22.2 Å². The Bertz CT molecular complexity index is 2040. The standard InChI is InChI=1S/C36H30Cl3N3O8/c1-19(44)47-31-30(49-35(32(31)48-20(2)45)42-17-25(14-15-43)28-33(39)40-18-41-34(28)42)29(24-12-13-26(37)27(38)16-24)50-36(46)23-10-8-22(9-11-23)21-6-4-3-5-7-21/h3-13,16-18,29-32,35,43H,14-15H2,1-2H3/t29?,30-,31-,32-,35-/m1/s1. The molecular formula is C36H30Cl3N3O8.